The van der Waals surface area contributed by atoms with Gasteiger partial charge < -0.3 is 5.32 Å². The van der Waals surface area contributed by atoms with Crippen molar-refractivity contribution in [2.24, 2.45) is 0 Å². The van der Waals surface area contributed by atoms with Gasteiger partial charge in [0.2, 0.25) is 10.0 Å². The fourth-order valence-corrected chi connectivity index (χ4v) is 3.54. The van der Waals surface area contributed by atoms with Crippen LogP contribution in [0.5, 0.6) is 0 Å². The van der Waals surface area contributed by atoms with Crippen molar-refractivity contribution in [2.45, 2.75) is 18.4 Å². The molecule has 0 amide bonds. The van der Waals surface area contributed by atoms with Crippen LogP contribution in [0.25, 0.3) is 0 Å². The van der Waals surface area contributed by atoms with Gasteiger partial charge in [0.1, 0.15) is 4.90 Å². The number of terminal acetylenes is 1. The summed E-state index contributed by atoms with van der Waals surface area (Å²) in [5, 5.41) is 3.62. The van der Waals surface area contributed by atoms with Gasteiger partial charge in [0.15, 0.2) is 0 Å². The molecule has 4 nitrogen and oxygen atoms in total. The minimum atomic E-state index is -3.72. The van der Waals surface area contributed by atoms with Gasteiger partial charge in [0, 0.05) is 24.2 Å². The van der Waals surface area contributed by atoms with Crippen LogP contribution in [0.4, 0.5) is 0 Å². The summed E-state index contributed by atoms with van der Waals surface area (Å²) in [4.78, 5) is 0.00854. The molecular weight excluding hydrogens is 319 g/mol. The van der Waals surface area contributed by atoms with Crippen LogP contribution < -0.4 is 5.32 Å². The van der Waals surface area contributed by atoms with E-state index in [-0.39, 0.29) is 16.5 Å². The third-order valence-electron chi connectivity index (χ3n) is 2.70. The molecule has 0 aromatic heterocycles. The van der Waals surface area contributed by atoms with Gasteiger partial charge in [-0.2, -0.15) is 4.31 Å². The average Bonchev–Trinajstić information content (AvgIpc) is 2.38. The molecule has 0 fully saturated rings. The Bertz CT molecular complexity index is 624. The van der Waals surface area contributed by atoms with E-state index in [1.165, 1.54) is 19.2 Å². The van der Waals surface area contributed by atoms with Crippen molar-refractivity contribution >= 4 is 33.2 Å². The molecular formula is C13H16Cl2N2O2S. The van der Waals surface area contributed by atoms with Crippen molar-refractivity contribution in [1.82, 2.24) is 9.62 Å². The third-order valence-corrected chi connectivity index (χ3v) is 5.45. The van der Waals surface area contributed by atoms with Crippen molar-refractivity contribution in [1.29, 1.82) is 0 Å². The predicted octanol–water partition coefficient (Wildman–Crippen LogP) is 2.36. The van der Waals surface area contributed by atoms with Crippen LogP contribution in [-0.2, 0) is 16.6 Å². The fraction of sp³-hybridized carbons (Fsp3) is 0.385. The molecule has 0 heterocycles. The Hall–Kier alpha value is -0.770. The second-order valence-electron chi connectivity index (χ2n) is 4.08. The number of halogens is 2. The lowest BCUT2D eigenvalue weighted by Gasteiger charge is -2.17. The zero-order chi connectivity index (χ0) is 15.3. The van der Waals surface area contributed by atoms with Crippen molar-refractivity contribution in [2.75, 3.05) is 20.1 Å². The smallest absolute Gasteiger partial charge is 0.245 e. The van der Waals surface area contributed by atoms with Gasteiger partial charge in [-0.3, -0.25) is 0 Å². The molecule has 1 N–H and O–H groups in total. The number of rotatable bonds is 6. The van der Waals surface area contributed by atoms with E-state index in [9.17, 15) is 8.42 Å². The maximum absolute atomic E-state index is 12.4. The molecule has 110 valence electrons. The summed E-state index contributed by atoms with van der Waals surface area (Å²) in [5.41, 5.74) is 0.561. The maximum atomic E-state index is 12.4. The SMILES string of the molecule is C#CCN(C)S(=O)(=O)c1ccc(Cl)c(CNCC)c1Cl. The van der Waals surface area contributed by atoms with Gasteiger partial charge >= 0.3 is 0 Å². The van der Waals surface area contributed by atoms with Gasteiger partial charge in [-0.25, -0.2) is 8.42 Å². The number of benzene rings is 1. The van der Waals surface area contributed by atoms with Gasteiger partial charge in [0.25, 0.3) is 0 Å². The number of nitrogens with zero attached hydrogens (tertiary/aromatic N) is 1. The van der Waals surface area contributed by atoms with Gasteiger partial charge in [-0.15, -0.1) is 6.42 Å². The van der Waals surface area contributed by atoms with Crippen LogP contribution in [0.1, 0.15) is 12.5 Å². The molecule has 0 radical (unpaired) electrons. The van der Waals surface area contributed by atoms with E-state index in [1.54, 1.807) is 0 Å². The largest absolute Gasteiger partial charge is 0.313 e. The van der Waals surface area contributed by atoms with Crippen molar-refractivity contribution < 1.29 is 8.42 Å². The normalized spacial score (nSPS) is 11.6. The number of nitrogens with one attached hydrogen (secondary N) is 1. The molecule has 0 unspecified atom stereocenters. The standard InChI is InChI=1S/C13H16Cl2N2O2S/c1-4-8-17(3)20(18,19)12-7-6-11(14)10(13(12)15)9-16-5-2/h1,6-7,16H,5,8-9H2,2-3H3. The van der Waals surface area contributed by atoms with Gasteiger partial charge in [-0.1, -0.05) is 36.0 Å². The predicted molar refractivity (Wildman–Crippen MR) is 82.5 cm³/mol. The first-order valence-corrected chi connectivity index (χ1v) is 8.13. The first-order chi connectivity index (χ1) is 9.36. The van der Waals surface area contributed by atoms with Crippen LogP contribution in [0.2, 0.25) is 10.0 Å². The molecule has 0 saturated carbocycles. The summed E-state index contributed by atoms with van der Waals surface area (Å²) < 4.78 is 25.8. The fourth-order valence-electron chi connectivity index (χ4n) is 1.57. The molecule has 0 aliphatic rings. The summed E-state index contributed by atoms with van der Waals surface area (Å²) in [6.45, 7) is 3.03. The number of hydrogen-bond acceptors (Lipinski definition) is 3. The first-order valence-electron chi connectivity index (χ1n) is 5.93. The second kappa shape index (κ2) is 7.30. The summed E-state index contributed by atoms with van der Waals surface area (Å²) in [6, 6.07) is 2.92. The Morgan fingerprint density at radius 1 is 1.40 bits per heavy atom. The molecule has 20 heavy (non-hydrogen) atoms. The highest BCUT2D eigenvalue weighted by atomic mass is 35.5. The Kier molecular flexibility index (Phi) is 6.31. The molecule has 0 aliphatic heterocycles. The summed E-state index contributed by atoms with van der Waals surface area (Å²) >= 11 is 12.3. The highest BCUT2D eigenvalue weighted by Gasteiger charge is 2.25. The lowest BCUT2D eigenvalue weighted by atomic mass is 10.2. The second-order valence-corrected chi connectivity index (χ2v) is 6.88. The molecule has 1 aromatic carbocycles. The number of sulfonamides is 1. The first kappa shape index (κ1) is 17.3. The quantitative estimate of drug-likeness (QED) is 0.812. The van der Waals surface area contributed by atoms with Crippen LogP contribution in [-0.4, -0.2) is 32.9 Å². The number of hydrogen-bond donors (Lipinski definition) is 1. The molecule has 1 aromatic rings. The Balaban J connectivity index is 3.30. The third kappa shape index (κ3) is 3.66. The van der Waals surface area contributed by atoms with E-state index in [1.807, 2.05) is 6.92 Å². The van der Waals surface area contributed by atoms with E-state index >= 15 is 0 Å². The highest BCUT2D eigenvalue weighted by Crippen LogP contribution is 2.32. The molecule has 7 heteroatoms. The van der Waals surface area contributed by atoms with Crippen LogP contribution in [0.3, 0.4) is 0 Å². The monoisotopic (exact) mass is 334 g/mol. The lowest BCUT2D eigenvalue weighted by molar-refractivity contribution is 0.503. The Morgan fingerprint density at radius 3 is 2.60 bits per heavy atom. The Morgan fingerprint density at radius 2 is 2.05 bits per heavy atom. The van der Waals surface area contributed by atoms with Crippen LogP contribution >= 0.6 is 23.2 Å². The van der Waals surface area contributed by atoms with Gasteiger partial charge in [-0.05, 0) is 18.7 Å². The van der Waals surface area contributed by atoms with E-state index in [0.29, 0.717) is 17.1 Å². The Labute approximate surface area is 130 Å². The summed E-state index contributed by atoms with van der Waals surface area (Å²) in [7, 11) is -2.32. The molecule has 0 atom stereocenters. The summed E-state index contributed by atoms with van der Waals surface area (Å²) in [6.07, 6.45) is 5.14. The molecule has 1 rings (SSSR count). The lowest BCUT2D eigenvalue weighted by Crippen LogP contribution is -2.27. The van der Waals surface area contributed by atoms with Crippen LogP contribution in [0.15, 0.2) is 17.0 Å². The topological polar surface area (TPSA) is 49.4 Å². The van der Waals surface area contributed by atoms with Crippen molar-refractivity contribution in [3.63, 3.8) is 0 Å². The van der Waals surface area contributed by atoms with E-state index in [2.05, 4.69) is 11.2 Å². The molecule has 0 spiro atoms. The van der Waals surface area contributed by atoms with E-state index in [4.69, 9.17) is 29.6 Å². The van der Waals surface area contributed by atoms with E-state index < -0.39 is 10.0 Å². The highest BCUT2D eigenvalue weighted by molar-refractivity contribution is 7.89. The van der Waals surface area contributed by atoms with Gasteiger partial charge in [0.05, 0.1) is 11.6 Å². The minimum absolute atomic E-state index is 0.00854. The summed E-state index contributed by atoms with van der Waals surface area (Å²) in [5.74, 6) is 2.29. The van der Waals surface area contributed by atoms with Crippen molar-refractivity contribution in [3.8, 4) is 12.3 Å². The maximum Gasteiger partial charge on any atom is 0.245 e. The molecule has 0 aliphatic carbocycles. The van der Waals surface area contributed by atoms with E-state index in [0.717, 1.165) is 10.8 Å². The van der Waals surface area contributed by atoms with Crippen LogP contribution in [0, 0.1) is 12.3 Å². The van der Waals surface area contributed by atoms with Crippen molar-refractivity contribution in [3.05, 3.63) is 27.7 Å². The molecule has 0 saturated heterocycles. The zero-order valence-electron chi connectivity index (χ0n) is 11.3. The average molecular weight is 335 g/mol. The zero-order valence-corrected chi connectivity index (χ0v) is 13.6. The molecule has 0 bridgehead atoms. The minimum Gasteiger partial charge on any atom is -0.313 e.